The lowest BCUT2D eigenvalue weighted by Crippen LogP contribution is -2.50. The fraction of sp³-hybridized carbons (Fsp3) is 0.812. The molecule has 0 amide bonds. The maximum atomic E-state index is 10.4. The molecule has 0 heterocycles. The topological polar surface area (TPSA) is 38.7 Å². The maximum Gasteiger partial charge on any atom is 0.258 e. The van der Waals surface area contributed by atoms with Gasteiger partial charge in [0, 0.05) is 0 Å². The van der Waals surface area contributed by atoms with E-state index in [9.17, 15) is 5.11 Å². The summed E-state index contributed by atoms with van der Waals surface area (Å²) in [5.41, 5.74) is 5.03. The highest BCUT2D eigenvalue weighted by atomic mass is 28.4. The van der Waals surface area contributed by atoms with Gasteiger partial charge < -0.3 is 14.3 Å². The molecule has 1 aromatic carbocycles. The van der Waals surface area contributed by atoms with Gasteiger partial charge in [0.05, 0.1) is 13.2 Å². The highest BCUT2D eigenvalue weighted by Crippen LogP contribution is 2.65. The third kappa shape index (κ3) is 4.36. The van der Waals surface area contributed by atoms with Crippen LogP contribution in [0.3, 0.4) is 0 Å². The zero-order valence-corrected chi connectivity index (χ0v) is 25.9. The highest BCUT2D eigenvalue weighted by Gasteiger charge is 2.56. The van der Waals surface area contributed by atoms with E-state index in [0.29, 0.717) is 39.8 Å². The first-order chi connectivity index (χ1) is 16.9. The third-order valence-corrected chi connectivity index (χ3v) is 17.5. The summed E-state index contributed by atoms with van der Waals surface area (Å²) < 4.78 is 13.2. The van der Waals surface area contributed by atoms with Crippen LogP contribution in [0.2, 0.25) is 16.6 Å². The zero-order valence-electron chi connectivity index (χ0n) is 24.9. The zero-order chi connectivity index (χ0) is 26.6. The molecule has 0 radical (unpaired) electrons. The van der Waals surface area contributed by atoms with Crippen molar-refractivity contribution >= 4 is 8.32 Å². The smallest absolute Gasteiger partial charge is 0.258 e. The molecule has 3 aliphatic rings. The van der Waals surface area contributed by atoms with E-state index in [1.165, 1.54) is 43.2 Å². The van der Waals surface area contributed by atoms with Gasteiger partial charge in [0.25, 0.3) is 8.32 Å². The molecule has 1 N–H and O–H groups in total. The Bertz CT molecular complexity index is 900. The molecule has 4 heteroatoms. The molecule has 3 nitrogen and oxygen atoms in total. The molecule has 0 aliphatic heterocycles. The first kappa shape index (κ1) is 28.0. The van der Waals surface area contributed by atoms with Gasteiger partial charge in [0.2, 0.25) is 0 Å². The highest BCUT2D eigenvalue weighted by molar-refractivity contribution is 6.78. The normalized spacial score (nSPS) is 31.7. The van der Waals surface area contributed by atoms with Crippen molar-refractivity contribution < 1.29 is 14.3 Å². The molecule has 204 valence electrons. The molecule has 0 spiro atoms. The second kappa shape index (κ2) is 10.3. The predicted octanol–water partition coefficient (Wildman–Crippen LogP) is 8.74. The molecule has 7 atom stereocenters. The molecule has 1 aromatic rings. The van der Waals surface area contributed by atoms with Gasteiger partial charge in [-0.25, -0.2) is 0 Å². The molecular weight excluding hydrogens is 460 g/mol. The van der Waals surface area contributed by atoms with Crippen LogP contribution in [0, 0.1) is 29.1 Å². The third-order valence-electron chi connectivity index (χ3n) is 11.5. The summed E-state index contributed by atoms with van der Waals surface area (Å²) in [4.78, 5) is 0. The molecule has 4 rings (SSSR count). The van der Waals surface area contributed by atoms with E-state index >= 15 is 0 Å². The molecule has 2 unspecified atom stereocenters. The van der Waals surface area contributed by atoms with E-state index in [2.05, 4.69) is 67.5 Å². The van der Waals surface area contributed by atoms with Gasteiger partial charge >= 0.3 is 0 Å². The largest absolute Gasteiger partial charge is 0.540 e. The van der Waals surface area contributed by atoms with Crippen LogP contribution in [0.15, 0.2) is 12.1 Å². The van der Waals surface area contributed by atoms with Gasteiger partial charge in [-0.2, -0.15) is 0 Å². The van der Waals surface area contributed by atoms with Crippen LogP contribution in [-0.2, 0) is 6.42 Å². The molecule has 0 bridgehead atoms. The minimum atomic E-state index is -2.05. The van der Waals surface area contributed by atoms with E-state index in [0.717, 1.165) is 29.8 Å². The van der Waals surface area contributed by atoms with Gasteiger partial charge in [0.15, 0.2) is 5.75 Å². The van der Waals surface area contributed by atoms with Crippen molar-refractivity contribution in [3.8, 4) is 11.5 Å². The standard InChI is InChI=1S/C32H54O3Si/c1-19(2)36(20(3)4,21(5)6)35-31-17-24-11-12-26-25(27(24)18-30(31)34-10)15-16-32(9)28(13-14-29(26)32)22(7)23(8)33/h17-23,25-26,28-29,33H,11-16H2,1-10H3/t22?,23?,25-,26+,28+,29-,32+/m0/s1. The monoisotopic (exact) mass is 514 g/mol. The van der Waals surface area contributed by atoms with Crippen molar-refractivity contribution in [3.63, 3.8) is 0 Å². The van der Waals surface area contributed by atoms with E-state index < -0.39 is 8.32 Å². The number of fused-ring (bicyclic) bond motifs is 5. The summed E-state index contributed by atoms with van der Waals surface area (Å²) in [6.07, 6.45) is 7.39. The fourth-order valence-corrected chi connectivity index (χ4v) is 14.8. The molecule has 36 heavy (non-hydrogen) atoms. The van der Waals surface area contributed by atoms with E-state index in [1.807, 2.05) is 14.0 Å². The minimum absolute atomic E-state index is 0.212. The van der Waals surface area contributed by atoms with Gasteiger partial charge in [-0.1, -0.05) is 55.4 Å². The lowest BCUT2D eigenvalue weighted by Gasteiger charge is -2.52. The molecule has 0 aromatic heterocycles. The van der Waals surface area contributed by atoms with Gasteiger partial charge in [0.1, 0.15) is 5.75 Å². The van der Waals surface area contributed by atoms with Crippen molar-refractivity contribution in [2.45, 2.75) is 129 Å². The Balaban J connectivity index is 1.66. The summed E-state index contributed by atoms with van der Waals surface area (Å²) in [6, 6.07) is 4.75. The minimum Gasteiger partial charge on any atom is -0.540 e. The van der Waals surface area contributed by atoms with Crippen molar-refractivity contribution in [1.82, 2.24) is 0 Å². The molecular formula is C32H54O3Si. The first-order valence-corrected chi connectivity index (χ1v) is 17.1. The van der Waals surface area contributed by atoms with Gasteiger partial charge in [-0.15, -0.1) is 0 Å². The Morgan fingerprint density at radius 2 is 1.53 bits per heavy atom. The first-order valence-electron chi connectivity index (χ1n) is 15.0. The number of aliphatic hydroxyl groups is 1. The van der Waals surface area contributed by atoms with Crippen molar-refractivity contribution in [3.05, 3.63) is 23.3 Å². The SMILES string of the molecule is COc1cc2c(cc1O[Si](C(C)C)(C(C)C)C(C)C)CC[C@@H]1[C@@H]2CC[C@]2(C)[C@@H](C(C)C(C)O)CC[C@@H]12. The number of methoxy groups -OCH3 is 1. The van der Waals surface area contributed by atoms with E-state index in [4.69, 9.17) is 9.16 Å². The summed E-state index contributed by atoms with van der Waals surface area (Å²) in [6.45, 7) is 21.0. The van der Waals surface area contributed by atoms with E-state index in [-0.39, 0.29) is 6.10 Å². The Morgan fingerprint density at radius 3 is 2.08 bits per heavy atom. The molecule has 3 aliphatic carbocycles. The van der Waals surface area contributed by atoms with E-state index in [1.54, 1.807) is 0 Å². The average molecular weight is 515 g/mol. The summed E-state index contributed by atoms with van der Waals surface area (Å²) in [5, 5.41) is 10.4. The van der Waals surface area contributed by atoms with Crippen molar-refractivity contribution in [2.75, 3.05) is 7.11 Å². The predicted molar refractivity (Wildman–Crippen MR) is 154 cm³/mol. The van der Waals surface area contributed by atoms with Gasteiger partial charge in [-0.05, 0) is 120 Å². The summed E-state index contributed by atoms with van der Waals surface area (Å²) >= 11 is 0. The lowest BCUT2D eigenvalue weighted by atomic mass is 9.53. The number of rotatable bonds is 8. The second-order valence-corrected chi connectivity index (χ2v) is 19.2. The quantitative estimate of drug-likeness (QED) is 0.352. The summed E-state index contributed by atoms with van der Waals surface area (Å²) in [5.74, 6) is 5.14. The van der Waals surface area contributed by atoms with Crippen LogP contribution in [0.4, 0.5) is 0 Å². The number of aryl methyl sites for hydroxylation is 1. The Kier molecular flexibility index (Phi) is 8.00. The fourth-order valence-electron chi connectivity index (χ4n) is 9.60. The Labute approximate surface area is 222 Å². The maximum absolute atomic E-state index is 10.4. The Morgan fingerprint density at radius 1 is 0.889 bits per heavy atom. The lowest BCUT2D eigenvalue weighted by molar-refractivity contribution is -0.0154. The number of benzene rings is 1. The van der Waals surface area contributed by atoms with Crippen LogP contribution in [-0.4, -0.2) is 26.6 Å². The van der Waals surface area contributed by atoms with Crippen LogP contribution < -0.4 is 9.16 Å². The average Bonchev–Trinajstić information content (AvgIpc) is 3.17. The number of hydrogen-bond acceptors (Lipinski definition) is 3. The van der Waals surface area contributed by atoms with Gasteiger partial charge in [-0.3, -0.25) is 0 Å². The molecule has 0 saturated heterocycles. The second-order valence-electron chi connectivity index (χ2n) is 13.9. The molecule has 2 saturated carbocycles. The Hall–Kier alpha value is -1.00. The van der Waals surface area contributed by atoms with Crippen LogP contribution in [0.1, 0.15) is 111 Å². The summed E-state index contributed by atoms with van der Waals surface area (Å²) in [7, 11) is -0.237. The number of hydrogen-bond donors (Lipinski definition) is 1. The number of ether oxygens (including phenoxy) is 1. The van der Waals surface area contributed by atoms with Crippen LogP contribution in [0.25, 0.3) is 0 Å². The van der Waals surface area contributed by atoms with Crippen LogP contribution in [0.5, 0.6) is 11.5 Å². The number of aliphatic hydroxyl groups excluding tert-OH is 1. The van der Waals surface area contributed by atoms with Crippen molar-refractivity contribution in [1.29, 1.82) is 0 Å². The molecule has 2 fully saturated rings. The van der Waals surface area contributed by atoms with Crippen molar-refractivity contribution in [2.24, 2.45) is 29.1 Å². The van der Waals surface area contributed by atoms with Crippen LogP contribution >= 0.6 is 0 Å².